The van der Waals surface area contributed by atoms with E-state index in [0.717, 1.165) is 0 Å². The summed E-state index contributed by atoms with van der Waals surface area (Å²) in [6, 6.07) is 0.351. The SMILES string of the molecule is CC(C)O[Si](C)(C)C[C@H](CC(C)(C)S(N)=O)C(F)F. The summed E-state index contributed by atoms with van der Waals surface area (Å²) in [5.41, 5.74) is 0. The van der Waals surface area contributed by atoms with E-state index in [-0.39, 0.29) is 12.5 Å². The second-order valence-electron chi connectivity index (χ2n) is 6.49. The highest BCUT2D eigenvalue weighted by Gasteiger charge is 2.37. The monoisotopic (exact) mass is 315 g/mol. The maximum Gasteiger partial charge on any atom is 0.241 e. The Morgan fingerprint density at radius 2 is 1.79 bits per heavy atom. The van der Waals surface area contributed by atoms with Crippen LogP contribution in [-0.4, -0.2) is 29.8 Å². The van der Waals surface area contributed by atoms with Crippen molar-refractivity contribution in [1.82, 2.24) is 0 Å². The van der Waals surface area contributed by atoms with Crippen molar-refractivity contribution >= 4 is 19.3 Å². The molecular formula is C12H27F2NO2SSi. The smallest absolute Gasteiger partial charge is 0.241 e. The Bertz CT molecular complexity index is 312. The van der Waals surface area contributed by atoms with E-state index in [4.69, 9.17) is 9.56 Å². The van der Waals surface area contributed by atoms with E-state index in [9.17, 15) is 13.0 Å². The molecule has 0 radical (unpaired) electrons. The van der Waals surface area contributed by atoms with Gasteiger partial charge in [-0.3, -0.25) is 5.14 Å². The zero-order chi connectivity index (χ0) is 15.4. The third kappa shape index (κ3) is 7.48. The summed E-state index contributed by atoms with van der Waals surface area (Å²) in [4.78, 5) is 0. The molecular weight excluding hydrogens is 288 g/mol. The zero-order valence-corrected chi connectivity index (χ0v) is 14.5. The third-order valence-corrected chi connectivity index (χ3v) is 6.84. The molecule has 0 aromatic rings. The van der Waals surface area contributed by atoms with Crippen molar-refractivity contribution in [3.8, 4) is 0 Å². The predicted molar refractivity (Wildman–Crippen MR) is 79.0 cm³/mol. The molecule has 2 atom stereocenters. The van der Waals surface area contributed by atoms with Crippen LogP contribution in [0.25, 0.3) is 0 Å². The van der Waals surface area contributed by atoms with Gasteiger partial charge in [0.05, 0.1) is 15.7 Å². The first-order chi connectivity index (χ1) is 8.37. The number of alkyl halides is 2. The molecule has 19 heavy (non-hydrogen) atoms. The summed E-state index contributed by atoms with van der Waals surface area (Å²) < 4.78 is 42.8. The predicted octanol–water partition coefficient (Wildman–Crippen LogP) is 3.29. The minimum atomic E-state index is -2.44. The number of hydrogen-bond acceptors (Lipinski definition) is 2. The van der Waals surface area contributed by atoms with Crippen LogP contribution in [0.5, 0.6) is 0 Å². The fourth-order valence-corrected chi connectivity index (χ4v) is 5.62. The third-order valence-electron chi connectivity index (χ3n) is 2.96. The number of halogens is 2. The van der Waals surface area contributed by atoms with Gasteiger partial charge in [0.1, 0.15) is 0 Å². The van der Waals surface area contributed by atoms with E-state index in [1.165, 1.54) is 0 Å². The van der Waals surface area contributed by atoms with Gasteiger partial charge in [-0.25, -0.2) is 13.0 Å². The fraction of sp³-hybridized carbons (Fsp3) is 1.00. The molecule has 3 nitrogen and oxygen atoms in total. The normalized spacial score (nSPS) is 17.0. The minimum Gasteiger partial charge on any atom is -0.415 e. The van der Waals surface area contributed by atoms with Crippen molar-refractivity contribution in [2.24, 2.45) is 11.1 Å². The van der Waals surface area contributed by atoms with Gasteiger partial charge in [0.15, 0.2) is 8.32 Å². The molecule has 1 unspecified atom stereocenters. The van der Waals surface area contributed by atoms with Crippen molar-refractivity contribution in [2.75, 3.05) is 0 Å². The molecule has 7 heteroatoms. The molecule has 2 N–H and O–H groups in total. The van der Waals surface area contributed by atoms with E-state index in [1.54, 1.807) is 13.8 Å². The van der Waals surface area contributed by atoms with E-state index in [1.807, 2.05) is 26.9 Å². The molecule has 0 heterocycles. The van der Waals surface area contributed by atoms with E-state index < -0.39 is 36.4 Å². The van der Waals surface area contributed by atoms with Crippen molar-refractivity contribution in [1.29, 1.82) is 0 Å². The summed E-state index contributed by atoms with van der Waals surface area (Å²) >= 11 is 0. The van der Waals surface area contributed by atoms with E-state index in [2.05, 4.69) is 0 Å². The quantitative estimate of drug-likeness (QED) is 0.699. The van der Waals surface area contributed by atoms with Crippen molar-refractivity contribution in [3.05, 3.63) is 0 Å². The number of nitrogens with two attached hydrogens (primary N) is 1. The second kappa shape index (κ2) is 7.24. The molecule has 0 saturated carbocycles. The first-order valence-corrected chi connectivity index (χ1v) is 10.8. The zero-order valence-electron chi connectivity index (χ0n) is 12.7. The average Bonchev–Trinajstić information content (AvgIpc) is 2.12. The van der Waals surface area contributed by atoms with Crippen molar-refractivity contribution in [2.45, 2.75) is 70.5 Å². The highest BCUT2D eigenvalue weighted by molar-refractivity contribution is 7.84. The Hall–Kier alpha value is 0.147. The summed E-state index contributed by atoms with van der Waals surface area (Å²) in [5.74, 6) is -0.817. The van der Waals surface area contributed by atoms with Crippen LogP contribution in [0.2, 0.25) is 19.1 Å². The van der Waals surface area contributed by atoms with Crippen LogP contribution in [-0.2, 0) is 15.4 Å². The highest BCUT2D eigenvalue weighted by Crippen LogP contribution is 2.32. The molecule has 0 rings (SSSR count). The topological polar surface area (TPSA) is 52.3 Å². The van der Waals surface area contributed by atoms with Gasteiger partial charge in [0.2, 0.25) is 6.43 Å². The molecule has 0 aliphatic carbocycles. The lowest BCUT2D eigenvalue weighted by atomic mass is 9.98. The highest BCUT2D eigenvalue weighted by atomic mass is 32.2. The maximum absolute atomic E-state index is 13.2. The molecule has 0 aromatic heterocycles. The van der Waals surface area contributed by atoms with Gasteiger partial charge < -0.3 is 4.43 Å². The van der Waals surface area contributed by atoms with Crippen molar-refractivity contribution in [3.63, 3.8) is 0 Å². The van der Waals surface area contributed by atoms with Crippen molar-refractivity contribution < 1.29 is 17.4 Å². The van der Waals surface area contributed by atoms with Crippen LogP contribution in [0.1, 0.15) is 34.1 Å². The van der Waals surface area contributed by atoms with Gasteiger partial charge in [-0.1, -0.05) is 0 Å². The van der Waals surface area contributed by atoms with Crippen LogP contribution in [0.4, 0.5) is 8.78 Å². The summed E-state index contributed by atoms with van der Waals surface area (Å²) in [7, 11) is -3.76. The Labute approximate surface area is 119 Å². The van der Waals surface area contributed by atoms with Crippen LogP contribution < -0.4 is 5.14 Å². The standard InChI is InChI=1S/C12H27F2NO2SSi/c1-9(2)17-19(5,6)8-10(11(13)14)7-12(3,4)18(15)16/h9-11H,7-8,15H2,1-6H3/t10-,18?/m0/s1. The molecule has 0 aliphatic rings. The van der Waals surface area contributed by atoms with Crippen LogP contribution in [0.3, 0.4) is 0 Å². The molecule has 0 saturated heterocycles. The molecule has 0 spiro atoms. The van der Waals surface area contributed by atoms with Crippen LogP contribution in [0.15, 0.2) is 0 Å². The van der Waals surface area contributed by atoms with Gasteiger partial charge in [-0.15, -0.1) is 0 Å². The first kappa shape index (κ1) is 19.1. The Kier molecular flexibility index (Phi) is 7.30. The van der Waals surface area contributed by atoms with Gasteiger partial charge in [0, 0.05) is 12.0 Å². The van der Waals surface area contributed by atoms with E-state index >= 15 is 0 Å². The fourth-order valence-electron chi connectivity index (χ4n) is 2.28. The molecule has 0 amide bonds. The molecule has 0 fully saturated rings. The molecule has 116 valence electrons. The molecule has 0 aliphatic heterocycles. The Balaban J connectivity index is 4.81. The summed E-state index contributed by atoms with van der Waals surface area (Å²) in [6.07, 6.45) is -2.26. The summed E-state index contributed by atoms with van der Waals surface area (Å²) in [5, 5.41) is 5.37. The largest absolute Gasteiger partial charge is 0.415 e. The van der Waals surface area contributed by atoms with Gasteiger partial charge in [-0.2, -0.15) is 0 Å². The van der Waals surface area contributed by atoms with Gasteiger partial charge >= 0.3 is 0 Å². The van der Waals surface area contributed by atoms with Gasteiger partial charge in [-0.05, 0) is 53.3 Å². The Morgan fingerprint density at radius 3 is 2.11 bits per heavy atom. The van der Waals surface area contributed by atoms with E-state index in [0.29, 0.717) is 6.04 Å². The van der Waals surface area contributed by atoms with Crippen LogP contribution in [0, 0.1) is 5.92 Å². The lowest BCUT2D eigenvalue weighted by Crippen LogP contribution is -2.41. The first-order valence-electron chi connectivity index (χ1n) is 6.49. The molecule has 0 bridgehead atoms. The van der Waals surface area contributed by atoms with Gasteiger partial charge in [0.25, 0.3) is 0 Å². The van der Waals surface area contributed by atoms with Crippen LogP contribution >= 0.6 is 0 Å². The maximum atomic E-state index is 13.2. The number of rotatable bonds is 8. The number of hydrogen-bond donors (Lipinski definition) is 1. The Morgan fingerprint density at radius 1 is 1.32 bits per heavy atom. The lowest BCUT2D eigenvalue weighted by molar-refractivity contribution is 0.0731. The lowest BCUT2D eigenvalue weighted by Gasteiger charge is -2.33. The second-order valence-corrected chi connectivity index (χ2v) is 12.3. The molecule has 0 aromatic carbocycles. The summed E-state index contributed by atoms with van der Waals surface area (Å²) in [6.45, 7) is 11.0. The average molecular weight is 316 g/mol. The minimum absolute atomic E-state index is 0.0386.